The van der Waals surface area contributed by atoms with E-state index in [9.17, 15) is 9.59 Å². The van der Waals surface area contributed by atoms with E-state index in [1.54, 1.807) is 12.1 Å². The molecule has 5 heteroatoms. The maximum absolute atomic E-state index is 12.0. The first-order valence-electron chi connectivity index (χ1n) is 7.55. The molecule has 0 unspecified atom stereocenters. The molecule has 0 heterocycles. The molecule has 2 aromatic carbocycles. The van der Waals surface area contributed by atoms with Gasteiger partial charge in [-0.2, -0.15) is 0 Å². The molecular weight excluding hydrogens is 292 g/mol. The highest BCUT2D eigenvalue weighted by atomic mass is 16.5. The van der Waals surface area contributed by atoms with Crippen molar-refractivity contribution in [3.63, 3.8) is 0 Å². The lowest BCUT2D eigenvalue weighted by atomic mass is 10.1. The van der Waals surface area contributed by atoms with E-state index < -0.39 is 0 Å². The fourth-order valence-corrected chi connectivity index (χ4v) is 2.48. The summed E-state index contributed by atoms with van der Waals surface area (Å²) in [6, 6.07) is 19.0. The Morgan fingerprint density at radius 3 is 2.30 bits per heavy atom. The smallest absolute Gasteiger partial charge is 0.276 e. The molecule has 5 nitrogen and oxygen atoms in total. The Kier molecular flexibility index (Phi) is 4.57. The molecule has 23 heavy (non-hydrogen) atoms. The first-order chi connectivity index (χ1) is 11.2. The second kappa shape index (κ2) is 6.96. The van der Waals surface area contributed by atoms with Crippen molar-refractivity contribution in [2.45, 2.75) is 12.3 Å². The van der Waals surface area contributed by atoms with Crippen LogP contribution in [0.25, 0.3) is 0 Å². The molecule has 2 aromatic rings. The molecule has 0 aromatic heterocycles. The van der Waals surface area contributed by atoms with Crippen LogP contribution in [0, 0.1) is 5.92 Å². The zero-order valence-corrected chi connectivity index (χ0v) is 12.6. The molecular formula is C18H18N2O3. The normalized spacial score (nSPS) is 18.8. The molecule has 0 spiro atoms. The molecule has 2 amide bonds. The van der Waals surface area contributed by atoms with E-state index in [0.29, 0.717) is 5.75 Å². The molecule has 1 aliphatic carbocycles. The van der Waals surface area contributed by atoms with E-state index in [1.807, 2.05) is 48.5 Å². The second-order valence-electron chi connectivity index (χ2n) is 5.50. The minimum Gasteiger partial charge on any atom is -0.484 e. The summed E-state index contributed by atoms with van der Waals surface area (Å²) in [5, 5.41) is 0. The summed E-state index contributed by atoms with van der Waals surface area (Å²) in [6.45, 7) is -0.142. The van der Waals surface area contributed by atoms with Gasteiger partial charge in [-0.25, -0.2) is 0 Å². The third-order valence-electron chi connectivity index (χ3n) is 3.79. The zero-order chi connectivity index (χ0) is 16.1. The number of hydrazine groups is 1. The largest absolute Gasteiger partial charge is 0.484 e. The van der Waals surface area contributed by atoms with Crippen molar-refractivity contribution in [1.29, 1.82) is 0 Å². The van der Waals surface area contributed by atoms with Gasteiger partial charge in [0.05, 0.1) is 0 Å². The van der Waals surface area contributed by atoms with Gasteiger partial charge in [0, 0.05) is 5.92 Å². The molecule has 1 aliphatic rings. The predicted octanol–water partition coefficient (Wildman–Crippen LogP) is 2.02. The lowest BCUT2D eigenvalue weighted by Gasteiger charge is -2.08. The van der Waals surface area contributed by atoms with Gasteiger partial charge in [-0.05, 0) is 30.0 Å². The third-order valence-corrected chi connectivity index (χ3v) is 3.79. The van der Waals surface area contributed by atoms with Crippen molar-refractivity contribution in [1.82, 2.24) is 10.9 Å². The second-order valence-corrected chi connectivity index (χ2v) is 5.50. The summed E-state index contributed by atoms with van der Waals surface area (Å²) in [5.74, 6) is 0.229. The van der Waals surface area contributed by atoms with Gasteiger partial charge in [0.1, 0.15) is 5.75 Å². The molecule has 0 bridgehead atoms. The van der Waals surface area contributed by atoms with Crippen molar-refractivity contribution in [3.05, 3.63) is 66.2 Å². The Labute approximate surface area is 134 Å². The van der Waals surface area contributed by atoms with Gasteiger partial charge in [-0.15, -0.1) is 0 Å². The van der Waals surface area contributed by atoms with Gasteiger partial charge in [-0.3, -0.25) is 20.4 Å². The number of amides is 2. The lowest BCUT2D eigenvalue weighted by molar-refractivity contribution is -0.130. The van der Waals surface area contributed by atoms with Crippen LogP contribution in [0.4, 0.5) is 0 Å². The van der Waals surface area contributed by atoms with Crippen molar-refractivity contribution < 1.29 is 14.3 Å². The number of hydrogen-bond donors (Lipinski definition) is 2. The number of nitrogens with one attached hydrogen (secondary N) is 2. The van der Waals surface area contributed by atoms with E-state index in [0.717, 1.165) is 12.0 Å². The zero-order valence-electron chi connectivity index (χ0n) is 12.6. The minimum absolute atomic E-state index is 0.0762. The minimum atomic E-state index is -0.390. The molecule has 2 atom stereocenters. The topological polar surface area (TPSA) is 67.4 Å². The van der Waals surface area contributed by atoms with Gasteiger partial charge >= 0.3 is 0 Å². The Bertz CT molecular complexity index is 673. The van der Waals surface area contributed by atoms with Crippen LogP contribution in [0.1, 0.15) is 17.9 Å². The standard InChI is InChI=1S/C18H18N2O3/c21-17(12-23-14-9-5-2-6-10-14)19-20-18(22)16-11-15(16)13-7-3-1-4-8-13/h1-10,15-16H,11-12H2,(H,19,21)(H,20,22)/t15-,16+/m1/s1. The van der Waals surface area contributed by atoms with E-state index >= 15 is 0 Å². The monoisotopic (exact) mass is 310 g/mol. The third kappa shape index (κ3) is 4.10. The number of rotatable bonds is 5. The Morgan fingerprint density at radius 2 is 1.61 bits per heavy atom. The first kappa shape index (κ1) is 15.1. The highest BCUT2D eigenvalue weighted by Crippen LogP contribution is 2.47. The van der Waals surface area contributed by atoms with E-state index in [-0.39, 0.29) is 30.3 Å². The Balaban J connectivity index is 1.39. The number of ether oxygens (including phenoxy) is 1. The van der Waals surface area contributed by atoms with Crippen LogP contribution in [-0.2, 0) is 9.59 Å². The first-order valence-corrected chi connectivity index (χ1v) is 7.55. The fourth-order valence-electron chi connectivity index (χ4n) is 2.48. The van der Waals surface area contributed by atoms with Crippen molar-refractivity contribution in [2.24, 2.45) is 5.92 Å². The van der Waals surface area contributed by atoms with Crippen molar-refractivity contribution in [2.75, 3.05) is 6.61 Å². The number of hydrogen-bond acceptors (Lipinski definition) is 3. The SMILES string of the molecule is O=C(COc1ccccc1)NNC(=O)[C@H]1C[C@@H]1c1ccccc1. The lowest BCUT2D eigenvalue weighted by Crippen LogP contribution is -2.44. The summed E-state index contributed by atoms with van der Waals surface area (Å²) >= 11 is 0. The van der Waals surface area contributed by atoms with Crippen LogP contribution in [-0.4, -0.2) is 18.4 Å². The summed E-state index contributed by atoms with van der Waals surface area (Å²) in [5.41, 5.74) is 6.00. The molecule has 0 radical (unpaired) electrons. The average molecular weight is 310 g/mol. The number of benzene rings is 2. The van der Waals surface area contributed by atoms with Crippen LogP contribution >= 0.6 is 0 Å². The maximum Gasteiger partial charge on any atom is 0.276 e. The highest BCUT2D eigenvalue weighted by Gasteiger charge is 2.43. The molecule has 0 aliphatic heterocycles. The molecule has 118 valence electrons. The Morgan fingerprint density at radius 1 is 0.957 bits per heavy atom. The maximum atomic E-state index is 12.0. The molecule has 1 saturated carbocycles. The number of carbonyl (C=O) groups is 2. The van der Waals surface area contributed by atoms with Crippen LogP contribution in [0.15, 0.2) is 60.7 Å². The molecule has 2 N–H and O–H groups in total. The van der Waals surface area contributed by atoms with Crippen LogP contribution in [0.2, 0.25) is 0 Å². The molecule has 3 rings (SSSR count). The summed E-state index contributed by atoms with van der Waals surface area (Å²) in [6.07, 6.45) is 0.812. The van der Waals surface area contributed by atoms with Crippen LogP contribution in [0.5, 0.6) is 5.75 Å². The Hall–Kier alpha value is -2.82. The summed E-state index contributed by atoms with van der Waals surface area (Å²) < 4.78 is 5.30. The predicted molar refractivity (Wildman–Crippen MR) is 85.5 cm³/mol. The van der Waals surface area contributed by atoms with Gasteiger partial charge in [0.15, 0.2) is 6.61 Å². The summed E-state index contributed by atoms with van der Waals surface area (Å²) in [4.78, 5) is 23.7. The van der Waals surface area contributed by atoms with Crippen molar-refractivity contribution >= 4 is 11.8 Å². The van der Waals surface area contributed by atoms with Gasteiger partial charge < -0.3 is 4.74 Å². The van der Waals surface area contributed by atoms with Gasteiger partial charge in [0.2, 0.25) is 5.91 Å². The van der Waals surface area contributed by atoms with Crippen LogP contribution < -0.4 is 15.6 Å². The van der Waals surface area contributed by atoms with Crippen LogP contribution in [0.3, 0.4) is 0 Å². The fraction of sp³-hybridized carbons (Fsp3) is 0.222. The quantitative estimate of drug-likeness (QED) is 0.830. The molecule has 0 saturated heterocycles. The average Bonchev–Trinajstić information content (AvgIpc) is 3.40. The van der Waals surface area contributed by atoms with Crippen molar-refractivity contribution in [3.8, 4) is 5.75 Å². The molecule has 1 fully saturated rings. The van der Waals surface area contributed by atoms with Gasteiger partial charge in [0.25, 0.3) is 5.91 Å². The van der Waals surface area contributed by atoms with E-state index in [2.05, 4.69) is 10.9 Å². The summed E-state index contributed by atoms with van der Waals surface area (Å²) in [7, 11) is 0. The van der Waals surface area contributed by atoms with E-state index in [4.69, 9.17) is 4.74 Å². The number of carbonyl (C=O) groups excluding carboxylic acids is 2. The number of para-hydroxylation sites is 1. The highest BCUT2D eigenvalue weighted by molar-refractivity contribution is 5.86. The van der Waals surface area contributed by atoms with Gasteiger partial charge in [-0.1, -0.05) is 48.5 Å². The van der Waals surface area contributed by atoms with E-state index in [1.165, 1.54) is 0 Å².